The minimum absolute atomic E-state index is 0.0339. The average molecular weight is 221 g/mol. The van der Waals surface area contributed by atoms with Gasteiger partial charge < -0.3 is 5.32 Å². The minimum Gasteiger partial charge on any atom is -0.314 e. The summed E-state index contributed by atoms with van der Waals surface area (Å²) < 4.78 is 0. The van der Waals surface area contributed by atoms with Crippen LogP contribution in [-0.4, -0.2) is 37.6 Å². The SMILES string of the molecule is N#CC1(CN2CCNCC2)CCCCCC1. The Hall–Kier alpha value is -0.590. The maximum absolute atomic E-state index is 9.50. The molecule has 1 saturated heterocycles. The summed E-state index contributed by atoms with van der Waals surface area (Å²) in [7, 11) is 0. The van der Waals surface area contributed by atoms with Gasteiger partial charge in [-0.2, -0.15) is 5.26 Å². The lowest BCUT2D eigenvalue weighted by Crippen LogP contribution is -2.47. The molecule has 90 valence electrons. The van der Waals surface area contributed by atoms with Gasteiger partial charge in [0.2, 0.25) is 0 Å². The standard InChI is InChI=1S/C13H23N3/c14-11-13(5-3-1-2-4-6-13)12-16-9-7-15-8-10-16/h15H,1-10,12H2. The van der Waals surface area contributed by atoms with Gasteiger partial charge in [0.1, 0.15) is 0 Å². The number of piperazine rings is 1. The summed E-state index contributed by atoms with van der Waals surface area (Å²) in [4.78, 5) is 2.48. The Morgan fingerprint density at radius 2 is 1.69 bits per heavy atom. The molecule has 0 unspecified atom stereocenters. The van der Waals surface area contributed by atoms with E-state index in [0.29, 0.717) is 0 Å². The van der Waals surface area contributed by atoms with Crippen molar-refractivity contribution in [2.45, 2.75) is 38.5 Å². The molecule has 2 fully saturated rings. The van der Waals surface area contributed by atoms with Crippen LogP contribution in [0.1, 0.15) is 38.5 Å². The summed E-state index contributed by atoms with van der Waals surface area (Å²) >= 11 is 0. The molecular weight excluding hydrogens is 198 g/mol. The maximum atomic E-state index is 9.50. The second kappa shape index (κ2) is 5.65. The molecule has 1 saturated carbocycles. The predicted octanol–water partition coefficient (Wildman–Crippen LogP) is 1.76. The first-order valence-electron chi connectivity index (χ1n) is 6.69. The van der Waals surface area contributed by atoms with Crippen LogP contribution in [0.2, 0.25) is 0 Å². The van der Waals surface area contributed by atoms with Gasteiger partial charge in [0, 0.05) is 32.7 Å². The molecule has 0 aromatic rings. The Labute approximate surface area is 98.8 Å². The quantitative estimate of drug-likeness (QED) is 0.722. The van der Waals surface area contributed by atoms with Gasteiger partial charge in [-0.05, 0) is 12.8 Å². The molecule has 0 amide bonds. The van der Waals surface area contributed by atoms with E-state index in [1.165, 1.54) is 25.7 Å². The molecule has 0 atom stereocenters. The van der Waals surface area contributed by atoms with Gasteiger partial charge in [-0.25, -0.2) is 0 Å². The van der Waals surface area contributed by atoms with Crippen LogP contribution in [0.5, 0.6) is 0 Å². The zero-order chi connectivity index (χ0) is 11.3. The van der Waals surface area contributed by atoms with Crippen molar-refractivity contribution < 1.29 is 0 Å². The van der Waals surface area contributed by atoms with Gasteiger partial charge >= 0.3 is 0 Å². The smallest absolute Gasteiger partial charge is 0.0703 e. The molecule has 1 N–H and O–H groups in total. The molecule has 1 aliphatic carbocycles. The minimum atomic E-state index is -0.0339. The van der Waals surface area contributed by atoms with Crippen LogP contribution in [0.4, 0.5) is 0 Å². The van der Waals surface area contributed by atoms with Crippen LogP contribution in [0.25, 0.3) is 0 Å². The zero-order valence-corrected chi connectivity index (χ0v) is 10.2. The largest absolute Gasteiger partial charge is 0.314 e. The third kappa shape index (κ3) is 2.96. The van der Waals surface area contributed by atoms with Crippen molar-refractivity contribution in [2.75, 3.05) is 32.7 Å². The lowest BCUT2D eigenvalue weighted by molar-refractivity contribution is 0.159. The number of hydrogen-bond donors (Lipinski definition) is 1. The first kappa shape index (κ1) is 11.9. The van der Waals surface area contributed by atoms with Crippen molar-refractivity contribution in [3.05, 3.63) is 0 Å². The summed E-state index contributed by atoms with van der Waals surface area (Å²) in [5, 5.41) is 12.9. The van der Waals surface area contributed by atoms with Gasteiger partial charge in [-0.3, -0.25) is 4.90 Å². The van der Waals surface area contributed by atoms with Crippen molar-refractivity contribution >= 4 is 0 Å². The number of nitrogens with zero attached hydrogens (tertiary/aromatic N) is 2. The molecular formula is C13H23N3. The summed E-state index contributed by atoms with van der Waals surface area (Å²) in [5.74, 6) is 0. The Balaban J connectivity index is 1.94. The Bertz CT molecular complexity index is 242. The lowest BCUT2D eigenvalue weighted by atomic mass is 9.81. The molecule has 0 spiro atoms. The highest BCUT2D eigenvalue weighted by Gasteiger charge is 2.33. The fourth-order valence-corrected chi connectivity index (χ4v) is 3.01. The molecule has 1 heterocycles. The normalized spacial score (nSPS) is 26.9. The van der Waals surface area contributed by atoms with E-state index in [4.69, 9.17) is 0 Å². The number of nitrogens with one attached hydrogen (secondary N) is 1. The molecule has 16 heavy (non-hydrogen) atoms. The van der Waals surface area contributed by atoms with Crippen molar-refractivity contribution in [1.82, 2.24) is 10.2 Å². The Morgan fingerprint density at radius 3 is 2.25 bits per heavy atom. The fraction of sp³-hybridized carbons (Fsp3) is 0.923. The molecule has 0 aromatic heterocycles. The number of hydrogen-bond acceptors (Lipinski definition) is 3. The van der Waals surface area contributed by atoms with Crippen molar-refractivity contribution in [3.8, 4) is 6.07 Å². The maximum Gasteiger partial charge on any atom is 0.0703 e. The van der Waals surface area contributed by atoms with Crippen LogP contribution >= 0.6 is 0 Å². The monoisotopic (exact) mass is 221 g/mol. The molecule has 2 rings (SSSR count). The van der Waals surface area contributed by atoms with Crippen molar-refractivity contribution in [2.24, 2.45) is 5.41 Å². The van der Waals surface area contributed by atoms with Crippen LogP contribution in [0.15, 0.2) is 0 Å². The van der Waals surface area contributed by atoms with Gasteiger partial charge in [0.15, 0.2) is 0 Å². The molecule has 3 nitrogen and oxygen atoms in total. The first-order valence-corrected chi connectivity index (χ1v) is 6.69. The van der Waals surface area contributed by atoms with E-state index in [-0.39, 0.29) is 5.41 Å². The van der Waals surface area contributed by atoms with E-state index in [0.717, 1.165) is 45.6 Å². The van der Waals surface area contributed by atoms with E-state index in [1.54, 1.807) is 0 Å². The lowest BCUT2D eigenvalue weighted by Gasteiger charge is -2.35. The third-order valence-corrected chi connectivity index (χ3v) is 4.03. The molecule has 0 aromatic carbocycles. The number of rotatable bonds is 2. The molecule has 3 heteroatoms. The van der Waals surface area contributed by atoms with Gasteiger partial charge in [0.05, 0.1) is 11.5 Å². The highest BCUT2D eigenvalue weighted by atomic mass is 15.2. The summed E-state index contributed by atoms with van der Waals surface area (Å²) in [6, 6.07) is 2.64. The molecule has 2 aliphatic rings. The fourth-order valence-electron chi connectivity index (χ4n) is 3.01. The van der Waals surface area contributed by atoms with Gasteiger partial charge in [-0.1, -0.05) is 25.7 Å². The summed E-state index contributed by atoms with van der Waals surface area (Å²) in [5.41, 5.74) is -0.0339. The van der Waals surface area contributed by atoms with E-state index < -0.39 is 0 Å². The van der Waals surface area contributed by atoms with E-state index >= 15 is 0 Å². The van der Waals surface area contributed by atoms with Crippen LogP contribution in [0, 0.1) is 16.7 Å². The molecule has 0 bridgehead atoms. The van der Waals surface area contributed by atoms with Crippen molar-refractivity contribution in [3.63, 3.8) is 0 Å². The number of nitriles is 1. The van der Waals surface area contributed by atoms with E-state index in [1.807, 2.05) is 0 Å². The molecule has 1 aliphatic heterocycles. The Morgan fingerprint density at radius 1 is 1.06 bits per heavy atom. The highest BCUT2D eigenvalue weighted by Crippen LogP contribution is 2.35. The van der Waals surface area contributed by atoms with Gasteiger partial charge in [-0.15, -0.1) is 0 Å². The molecule has 0 radical (unpaired) electrons. The van der Waals surface area contributed by atoms with E-state index in [2.05, 4.69) is 16.3 Å². The first-order chi connectivity index (χ1) is 7.85. The summed E-state index contributed by atoms with van der Waals surface area (Å²) in [6.07, 6.45) is 7.39. The second-order valence-corrected chi connectivity index (χ2v) is 5.33. The van der Waals surface area contributed by atoms with Crippen LogP contribution < -0.4 is 5.32 Å². The van der Waals surface area contributed by atoms with Gasteiger partial charge in [0.25, 0.3) is 0 Å². The second-order valence-electron chi connectivity index (χ2n) is 5.33. The van der Waals surface area contributed by atoms with Crippen LogP contribution in [-0.2, 0) is 0 Å². The van der Waals surface area contributed by atoms with E-state index in [9.17, 15) is 5.26 Å². The highest BCUT2D eigenvalue weighted by molar-refractivity contribution is 5.02. The predicted molar refractivity (Wildman–Crippen MR) is 65.1 cm³/mol. The summed E-state index contributed by atoms with van der Waals surface area (Å²) in [6.45, 7) is 5.40. The average Bonchev–Trinajstić information content (AvgIpc) is 2.57. The van der Waals surface area contributed by atoms with Crippen molar-refractivity contribution in [1.29, 1.82) is 5.26 Å². The van der Waals surface area contributed by atoms with Crippen LogP contribution in [0.3, 0.4) is 0 Å². The third-order valence-electron chi connectivity index (χ3n) is 4.03. The zero-order valence-electron chi connectivity index (χ0n) is 10.2. The topological polar surface area (TPSA) is 39.1 Å². The Kier molecular flexibility index (Phi) is 4.20.